The molecular weight excluding hydrogens is 1040 g/mol. The summed E-state index contributed by atoms with van der Waals surface area (Å²) in [4.78, 5) is 24.6. The van der Waals surface area contributed by atoms with E-state index in [-0.39, 0.29) is 18.5 Å². The molecule has 3 N–H and O–H groups in total. The number of hydrogen-bond acceptors (Lipinski definition) is 5. The Morgan fingerprint density at radius 1 is 0.318 bits per heavy atom. The summed E-state index contributed by atoms with van der Waals surface area (Å²) < 4.78 is 5.49. The van der Waals surface area contributed by atoms with E-state index in [1.807, 2.05) is 0 Å². The van der Waals surface area contributed by atoms with Crippen LogP contribution in [0.4, 0.5) is 0 Å². The highest BCUT2D eigenvalue weighted by atomic mass is 16.5. The van der Waals surface area contributed by atoms with Crippen molar-refractivity contribution >= 4 is 11.9 Å². The standard InChI is InChI=1S/C79H155NO5/c1-3-5-7-9-11-13-15-17-18-19-20-38-41-44-48-51-55-59-63-67-71-77(82)76(75-81)80-78(83)72-68-64-60-56-52-49-45-42-39-36-34-32-30-28-26-24-22-21-23-25-27-29-31-33-35-37-40-43-46-50-54-58-62-66-70-74-85-79(84)73-69-65-61-57-53-47-16-14-12-10-8-6-4-2/h14,16,76-77,81-82H,3-13,15,17-75H2,1-2H3,(H,80,83)/b16-14-. The minimum absolute atomic E-state index is 0.0144. The van der Waals surface area contributed by atoms with E-state index in [2.05, 4.69) is 31.3 Å². The van der Waals surface area contributed by atoms with Crippen LogP contribution in [0.1, 0.15) is 457 Å². The Balaban J connectivity index is 3.31. The lowest BCUT2D eigenvalue weighted by atomic mass is 10.0. The van der Waals surface area contributed by atoms with Gasteiger partial charge in [0.25, 0.3) is 0 Å². The monoisotopic (exact) mass is 1200 g/mol. The van der Waals surface area contributed by atoms with Crippen molar-refractivity contribution in [3.8, 4) is 0 Å². The molecule has 0 rings (SSSR count). The molecule has 6 heteroatoms. The second-order valence-electron chi connectivity index (χ2n) is 27.4. The summed E-state index contributed by atoms with van der Waals surface area (Å²) in [5.41, 5.74) is 0. The molecule has 0 radical (unpaired) electrons. The van der Waals surface area contributed by atoms with Crippen molar-refractivity contribution in [1.82, 2.24) is 5.32 Å². The number of aliphatic hydroxyl groups excluding tert-OH is 2. The van der Waals surface area contributed by atoms with Gasteiger partial charge in [-0.1, -0.05) is 405 Å². The third kappa shape index (κ3) is 71.6. The van der Waals surface area contributed by atoms with Crippen molar-refractivity contribution in [1.29, 1.82) is 0 Å². The molecule has 0 saturated heterocycles. The first kappa shape index (κ1) is 83.6. The number of allylic oxidation sites excluding steroid dienone is 2. The van der Waals surface area contributed by atoms with E-state index in [0.717, 1.165) is 44.9 Å². The van der Waals surface area contributed by atoms with Crippen molar-refractivity contribution in [2.24, 2.45) is 0 Å². The molecule has 0 saturated carbocycles. The average Bonchev–Trinajstić information content (AvgIpc) is 3.51. The number of carbonyl (C=O) groups is 2. The molecular formula is C79H155NO5. The van der Waals surface area contributed by atoms with Crippen LogP contribution in [-0.4, -0.2) is 47.4 Å². The third-order valence-corrected chi connectivity index (χ3v) is 18.8. The lowest BCUT2D eigenvalue weighted by Crippen LogP contribution is -2.45. The van der Waals surface area contributed by atoms with Gasteiger partial charge in [0.2, 0.25) is 5.91 Å². The van der Waals surface area contributed by atoms with Gasteiger partial charge in [0.1, 0.15) is 0 Å². The van der Waals surface area contributed by atoms with E-state index in [9.17, 15) is 19.8 Å². The van der Waals surface area contributed by atoms with Crippen LogP contribution in [0, 0.1) is 0 Å². The fourth-order valence-electron chi connectivity index (χ4n) is 12.8. The number of aliphatic hydroxyl groups is 2. The van der Waals surface area contributed by atoms with Gasteiger partial charge in [-0.3, -0.25) is 9.59 Å². The van der Waals surface area contributed by atoms with Gasteiger partial charge in [0, 0.05) is 12.8 Å². The molecule has 0 aliphatic rings. The largest absolute Gasteiger partial charge is 0.466 e. The molecule has 506 valence electrons. The summed E-state index contributed by atoms with van der Waals surface area (Å²) in [6.07, 6.45) is 94.5. The maximum Gasteiger partial charge on any atom is 0.305 e. The van der Waals surface area contributed by atoms with Gasteiger partial charge in [-0.2, -0.15) is 0 Å². The molecule has 0 aromatic rings. The molecule has 0 aromatic carbocycles. The van der Waals surface area contributed by atoms with E-state index in [4.69, 9.17) is 4.74 Å². The van der Waals surface area contributed by atoms with E-state index in [1.54, 1.807) is 0 Å². The van der Waals surface area contributed by atoms with Crippen LogP contribution in [0.3, 0.4) is 0 Å². The number of rotatable bonds is 75. The molecule has 2 unspecified atom stereocenters. The highest BCUT2D eigenvalue weighted by molar-refractivity contribution is 5.76. The number of nitrogens with one attached hydrogen (secondary N) is 1. The van der Waals surface area contributed by atoms with Gasteiger partial charge >= 0.3 is 5.97 Å². The topological polar surface area (TPSA) is 95.9 Å². The molecule has 0 aliphatic carbocycles. The lowest BCUT2D eigenvalue weighted by Gasteiger charge is -2.22. The second-order valence-corrected chi connectivity index (χ2v) is 27.4. The van der Waals surface area contributed by atoms with E-state index < -0.39 is 12.1 Å². The zero-order valence-corrected chi connectivity index (χ0v) is 58.1. The number of ether oxygens (including phenoxy) is 1. The van der Waals surface area contributed by atoms with E-state index >= 15 is 0 Å². The van der Waals surface area contributed by atoms with Crippen molar-refractivity contribution in [3.63, 3.8) is 0 Å². The Bertz CT molecular complexity index is 1290. The van der Waals surface area contributed by atoms with Crippen molar-refractivity contribution < 1.29 is 24.5 Å². The van der Waals surface area contributed by atoms with Gasteiger partial charge in [0.15, 0.2) is 0 Å². The average molecular weight is 1200 g/mol. The van der Waals surface area contributed by atoms with Gasteiger partial charge in [0.05, 0.1) is 25.4 Å². The zero-order chi connectivity index (χ0) is 61.3. The highest BCUT2D eigenvalue weighted by Crippen LogP contribution is 2.20. The smallest absolute Gasteiger partial charge is 0.305 e. The van der Waals surface area contributed by atoms with Crippen molar-refractivity contribution in [2.75, 3.05) is 13.2 Å². The van der Waals surface area contributed by atoms with Crippen LogP contribution in [0.15, 0.2) is 12.2 Å². The molecule has 1 amide bonds. The van der Waals surface area contributed by atoms with Gasteiger partial charge in [-0.25, -0.2) is 0 Å². The molecule has 0 aromatic heterocycles. The Morgan fingerprint density at radius 3 is 0.847 bits per heavy atom. The molecule has 0 aliphatic heterocycles. The van der Waals surface area contributed by atoms with E-state index in [1.165, 1.54) is 379 Å². The maximum absolute atomic E-state index is 12.6. The Morgan fingerprint density at radius 2 is 0.553 bits per heavy atom. The fraction of sp³-hybridized carbons (Fsp3) is 0.949. The number of amides is 1. The van der Waals surface area contributed by atoms with Gasteiger partial charge < -0.3 is 20.3 Å². The summed E-state index contributed by atoms with van der Waals surface area (Å²) in [7, 11) is 0. The zero-order valence-electron chi connectivity index (χ0n) is 58.1. The first-order valence-electron chi connectivity index (χ1n) is 39.4. The van der Waals surface area contributed by atoms with Crippen LogP contribution >= 0.6 is 0 Å². The molecule has 0 bridgehead atoms. The van der Waals surface area contributed by atoms with Gasteiger partial charge in [-0.15, -0.1) is 0 Å². The molecule has 0 heterocycles. The van der Waals surface area contributed by atoms with E-state index in [0.29, 0.717) is 25.9 Å². The summed E-state index contributed by atoms with van der Waals surface area (Å²) in [6, 6.07) is -0.537. The van der Waals surface area contributed by atoms with Crippen LogP contribution in [-0.2, 0) is 14.3 Å². The van der Waals surface area contributed by atoms with Crippen LogP contribution < -0.4 is 5.32 Å². The highest BCUT2D eigenvalue weighted by Gasteiger charge is 2.20. The van der Waals surface area contributed by atoms with Crippen LogP contribution in [0.5, 0.6) is 0 Å². The first-order valence-corrected chi connectivity index (χ1v) is 39.4. The van der Waals surface area contributed by atoms with Crippen LogP contribution in [0.25, 0.3) is 0 Å². The normalized spacial score (nSPS) is 12.5. The number of unbranched alkanes of at least 4 members (excludes halogenated alkanes) is 62. The Kier molecular flexibility index (Phi) is 73.8. The summed E-state index contributed by atoms with van der Waals surface area (Å²) in [5.74, 6) is -0.00987. The van der Waals surface area contributed by atoms with Crippen molar-refractivity contribution in [2.45, 2.75) is 469 Å². The summed E-state index contributed by atoms with van der Waals surface area (Å²) in [6.45, 7) is 4.99. The number of carbonyl (C=O) groups excluding carboxylic acids is 2. The maximum atomic E-state index is 12.6. The molecule has 6 nitrogen and oxygen atoms in total. The van der Waals surface area contributed by atoms with Gasteiger partial charge in [-0.05, 0) is 51.4 Å². The number of hydrogen-bond donors (Lipinski definition) is 3. The third-order valence-electron chi connectivity index (χ3n) is 18.8. The fourth-order valence-corrected chi connectivity index (χ4v) is 12.8. The quantitative estimate of drug-likeness (QED) is 0.0320. The predicted octanol–water partition coefficient (Wildman–Crippen LogP) is 25.9. The molecule has 0 spiro atoms. The SMILES string of the molecule is CCCCCC/C=C\CCCCCCCC(=O)OCCCCCCCCCCCCCCCCCCCCCCCCCCCCCCCCCCCCCC(=O)NC(CO)C(O)CCCCCCCCCCCCCCCCCCCCCC. The Hall–Kier alpha value is -1.40. The lowest BCUT2D eigenvalue weighted by molar-refractivity contribution is -0.143. The molecule has 2 atom stereocenters. The van der Waals surface area contributed by atoms with Crippen LogP contribution in [0.2, 0.25) is 0 Å². The number of esters is 1. The second kappa shape index (κ2) is 75.1. The summed E-state index contributed by atoms with van der Waals surface area (Å²) >= 11 is 0. The first-order chi connectivity index (χ1) is 42.0. The predicted molar refractivity (Wildman–Crippen MR) is 375 cm³/mol. The summed E-state index contributed by atoms with van der Waals surface area (Å²) in [5, 5.41) is 23.4. The minimum atomic E-state index is -0.661. The minimum Gasteiger partial charge on any atom is -0.466 e. The van der Waals surface area contributed by atoms with Crippen molar-refractivity contribution in [3.05, 3.63) is 12.2 Å². The molecule has 85 heavy (non-hydrogen) atoms. The Labute approximate surface area is 533 Å². The molecule has 0 fully saturated rings.